The number of aromatic amines is 1. The summed E-state index contributed by atoms with van der Waals surface area (Å²) >= 11 is 3.21. The van der Waals surface area contributed by atoms with Crippen LogP contribution in [0.5, 0.6) is 0 Å². The van der Waals surface area contributed by atoms with Gasteiger partial charge in [-0.15, -0.1) is 0 Å². The summed E-state index contributed by atoms with van der Waals surface area (Å²) < 4.78 is 0.683. The Kier molecular flexibility index (Phi) is 1.78. The maximum absolute atomic E-state index is 5.39. The first-order valence-corrected chi connectivity index (χ1v) is 4.16. The molecule has 0 saturated heterocycles. The number of fused-ring (bicyclic) bond motifs is 1. The van der Waals surface area contributed by atoms with Gasteiger partial charge in [-0.25, -0.2) is 15.0 Å². The highest BCUT2D eigenvalue weighted by Gasteiger charge is 2.03. The van der Waals surface area contributed by atoms with Crippen LogP contribution in [0.4, 0.5) is 0 Å². The quantitative estimate of drug-likeness (QED) is 0.747. The fourth-order valence-electron chi connectivity index (χ4n) is 0.916. The van der Waals surface area contributed by atoms with Gasteiger partial charge in [-0.2, -0.15) is 0 Å². The number of nitrogens with one attached hydrogen (secondary N) is 1. The molecular weight excluding hydrogens is 222 g/mol. The Bertz CT molecular complexity index is 409. The summed E-state index contributed by atoms with van der Waals surface area (Å²) in [5, 5.41) is 0. The van der Waals surface area contributed by atoms with E-state index in [1.807, 2.05) is 0 Å². The van der Waals surface area contributed by atoms with Crippen LogP contribution in [0.25, 0.3) is 11.3 Å². The van der Waals surface area contributed by atoms with Gasteiger partial charge < -0.3 is 10.7 Å². The van der Waals surface area contributed by atoms with Crippen molar-refractivity contribution < 1.29 is 0 Å². The Morgan fingerprint density at radius 3 is 3.08 bits per heavy atom. The highest BCUT2D eigenvalue weighted by atomic mass is 79.9. The molecule has 0 aromatic carbocycles. The highest BCUT2D eigenvalue weighted by molar-refractivity contribution is 9.10. The van der Waals surface area contributed by atoms with Gasteiger partial charge in [-0.05, 0) is 15.9 Å². The molecule has 0 aliphatic heterocycles. The Balaban J connectivity index is 2.67. The number of H-pyrrole nitrogens is 1. The molecule has 0 radical (unpaired) electrons. The first-order valence-electron chi connectivity index (χ1n) is 3.37. The molecule has 0 spiro atoms. The second kappa shape index (κ2) is 2.80. The lowest BCUT2D eigenvalue weighted by Gasteiger charge is -1.86. The summed E-state index contributed by atoms with van der Waals surface area (Å²) in [6, 6.07) is 0. The average molecular weight is 228 g/mol. The fraction of sp³-hybridized carbons (Fsp3) is 0.167. The van der Waals surface area contributed by atoms with Gasteiger partial charge in [-0.1, -0.05) is 0 Å². The minimum Gasteiger partial charge on any atom is -0.324 e. The lowest BCUT2D eigenvalue weighted by atomic mass is 10.6. The van der Waals surface area contributed by atoms with Gasteiger partial charge in [0.1, 0.15) is 10.4 Å². The van der Waals surface area contributed by atoms with Gasteiger partial charge in [0.2, 0.25) is 0 Å². The Labute approximate surface area is 76.6 Å². The number of aromatic nitrogens is 4. The van der Waals surface area contributed by atoms with Crippen molar-refractivity contribution in [2.24, 2.45) is 5.73 Å². The Hall–Kier alpha value is -1.01. The molecule has 3 N–H and O–H groups in total. The van der Waals surface area contributed by atoms with E-state index >= 15 is 0 Å². The maximum Gasteiger partial charge on any atom is 0.197 e. The van der Waals surface area contributed by atoms with Crippen LogP contribution in [-0.4, -0.2) is 19.9 Å². The van der Waals surface area contributed by atoms with Crippen LogP contribution in [0, 0.1) is 0 Å². The largest absolute Gasteiger partial charge is 0.324 e. The van der Waals surface area contributed by atoms with E-state index in [2.05, 4.69) is 35.9 Å². The Morgan fingerprint density at radius 2 is 2.33 bits per heavy atom. The van der Waals surface area contributed by atoms with E-state index in [4.69, 9.17) is 5.73 Å². The molecule has 2 rings (SSSR count). The SMILES string of the molecule is NCc1nc2ncc(Br)nc2[nH]1. The van der Waals surface area contributed by atoms with E-state index in [-0.39, 0.29) is 0 Å². The number of nitrogens with zero attached hydrogens (tertiary/aromatic N) is 3. The Morgan fingerprint density at radius 1 is 1.50 bits per heavy atom. The molecular formula is C6H6BrN5. The normalized spacial score (nSPS) is 10.8. The van der Waals surface area contributed by atoms with Crippen LogP contribution < -0.4 is 5.73 Å². The van der Waals surface area contributed by atoms with Crippen molar-refractivity contribution in [1.29, 1.82) is 0 Å². The van der Waals surface area contributed by atoms with E-state index < -0.39 is 0 Å². The van der Waals surface area contributed by atoms with Crippen LogP contribution >= 0.6 is 15.9 Å². The summed E-state index contributed by atoms with van der Waals surface area (Å²) in [6.07, 6.45) is 1.60. The lowest BCUT2D eigenvalue weighted by Crippen LogP contribution is -1.97. The third-order valence-corrected chi connectivity index (χ3v) is 1.80. The zero-order chi connectivity index (χ0) is 8.55. The molecule has 0 atom stereocenters. The minimum atomic E-state index is 0.371. The smallest absolute Gasteiger partial charge is 0.197 e. The van der Waals surface area contributed by atoms with E-state index in [1.54, 1.807) is 6.20 Å². The van der Waals surface area contributed by atoms with Crippen molar-refractivity contribution in [3.05, 3.63) is 16.6 Å². The number of halogens is 1. The number of imidazole rings is 1. The van der Waals surface area contributed by atoms with Gasteiger partial charge in [-0.3, -0.25) is 0 Å². The van der Waals surface area contributed by atoms with Crippen molar-refractivity contribution in [2.45, 2.75) is 6.54 Å². The zero-order valence-corrected chi connectivity index (χ0v) is 7.67. The monoisotopic (exact) mass is 227 g/mol. The van der Waals surface area contributed by atoms with Crippen molar-refractivity contribution in [2.75, 3.05) is 0 Å². The van der Waals surface area contributed by atoms with Crippen LogP contribution in [-0.2, 0) is 6.54 Å². The van der Waals surface area contributed by atoms with Crippen molar-refractivity contribution >= 4 is 27.2 Å². The molecule has 0 amide bonds. The van der Waals surface area contributed by atoms with Crippen molar-refractivity contribution in [3.63, 3.8) is 0 Å². The summed E-state index contributed by atoms with van der Waals surface area (Å²) in [6.45, 7) is 0.371. The standard InChI is InChI=1S/C6H6BrN5/c7-3-2-9-5-6(10-3)12-4(1-8)11-5/h2H,1,8H2,(H,9,10,11,12). The zero-order valence-electron chi connectivity index (χ0n) is 6.08. The molecule has 0 aliphatic carbocycles. The summed E-state index contributed by atoms with van der Waals surface area (Å²) in [5.41, 5.74) is 6.64. The van der Waals surface area contributed by atoms with Gasteiger partial charge in [0.15, 0.2) is 11.3 Å². The predicted molar refractivity (Wildman–Crippen MR) is 47.3 cm³/mol. The third kappa shape index (κ3) is 1.19. The number of hydrogen-bond donors (Lipinski definition) is 2. The maximum atomic E-state index is 5.39. The molecule has 0 saturated carbocycles. The van der Waals surface area contributed by atoms with Crippen LogP contribution in [0.15, 0.2) is 10.8 Å². The van der Waals surface area contributed by atoms with Gasteiger partial charge in [0, 0.05) is 0 Å². The summed E-state index contributed by atoms with van der Waals surface area (Å²) in [4.78, 5) is 15.2. The van der Waals surface area contributed by atoms with E-state index in [9.17, 15) is 0 Å². The molecule has 0 bridgehead atoms. The molecule has 2 aromatic rings. The van der Waals surface area contributed by atoms with Crippen LogP contribution in [0.2, 0.25) is 0 Å². The summed E-state index contributed by atoms with van der Waals surface area (Å²) in [5.74, 6) is 0.697. The molecule has 0 unspecified atom stereocenters. The van der Waals surface area contributed by atoms with Crippen molar-refractivity contribution in [1.82, 2.24) is 19.9 Å². The molecule has 6 heteroatoms. The average Bonchev–Trinajstić information content (AvgIpc) is 2.46. The lowest BCUT2D eigenvalue weighted by molar-refractivity contribution is 0.955. The van der Waals surface area contributed by atoms with Crippen molar-refractivity contribution in [3.8, 4) is 0 Å². The minimum absolute atomic E-state index is 0.371. The van der Waals surface area contributed by atoms with E-state index in [1.165, 1.54) is 0 Å². The fourth-order valence-corrected chi connectivity index (χ4v) is 1.20. The highest BCUT2D eigenvalue weighted by Crippen LogP contribution is 2.09. The molecule has 0 aliphatic rings. The van der Waals surface area contributed by atoms with Crippen LogP contribution in [0.1, 0.15) is 5.82 Å². The predicted octanol–water partition coefficient (Wildman–Crippen LogP) is 0.574. The number of nitrogens with two attached hydrogens (primary N) is 1. The van der Waals surface area contributed by atoms with E-state index in [0.29, 0.717) is 28.3 Å². The first kappa shape index (κ1) is 7.63. The van der Waals surface area contributed by atoms with Gasteiger partial charge >= 0.3 is 0 Å². The second-order valence-corrected chi connectivity index (χ2v) is 3.07. The van der Waals surface area contributed by atoms with Gasteiger partial charge in [0.25, 0.3) is 0 Å². The molecule has 62 valence electrons. The van der Waals surface area contributed by atoms with Gasteiger partial charge in [0.05, 0.1) is 12.7 Å². The third-order valence-electron chi connectivity index (χ3n) is 1.42. The topological polar surface area (TPSA) is 80.5 Å². The molecule has 0 fully saturated rings. The summed E-state index contributed by atoms with van der Waals surface area (Å²) in [7, 11) is 0. The first-order chi connectivity index (χ1) is 5.79. The second-order valence-electron chi connectivity index (χ2n) is 2.25. The molecule has 5 nitrogen and oxygen atoms in total. The van der Waals surface area contributed by atoms with E-state index in [0.717, 1.165) is 0 Å². The molecule has 12 heavy (non-hydrogen) atoms. The molecule has 2 heterocycles. The molecule has 2 aromatic heterocycles. The number of rotatable bonds is 1. The van der Waals surface area contributed by atoms with Crippen LogP contribution in [0.3, 0.4) is 0 Å². The number of hydrogen-bond acceptors (Lipinski definition) is 4.